The SMILES string of the molecule is CC(C)N(CCc1ccccc1C1(C(=O)O)CCCC1)C(C)C. The van der Waals surface area contributed by atoms with E-state index >= 15 is 0 Å². The number of rotatable bonds is 7. The second kappa shape index (κ2) is 7.48. The Bertz CT molecular complexity index is 522. The van der Waals surface area contributed by atoms with E-state index < -0.39 is 11.4 Å². The molecule has 1 N–H and O–H groups in total. The van der Waals surface area contributed by atoms with Gasteiger partial charge >= 0.3 is 5.97 Å². The molecule has 0 spiro atoms. The van der Waals surface area contributed by atoms with E-state index in [1.54, 1.807) is 0 Å². The summed E-state index contributed by atoms with van der Waals surface area (Å²) in [6.07, 6.45) is 4.51. The summed E-state index contributed by atoms with van der Waals surface area (Å²) < 4.78 is 0. The molecule has 0 unspecified atom stereocenters. The maximum Gasteiger partial charge on any atom is 0.314 e. The average Bonchev–Trinajstić information content (AvgIpc) is 2.98. The molecule has 128 valence electrons. The summed E-state index contributed by atoms with van der Waals surface area (Å²) in [6.45, 7) is 9.87. The van der Waals surface area contributed by atoms with Gasteiger partial charge in [-0.05, 0) is 58.1 Å². The number of hydrogen-bond acceptors (Lipinski definition) is 2. The van der Waals surface area contributed by atoms with Gasteiger partial charge in [-0.25, -0.2) is 0 Å². The highest BCUT2D eigenvalue weighted by atomic mass is 16.4. The van der Waals surface area contributed by atoms with Gasteiger partial charge < -0.3 is 5.11 Å². The highest BCUT2D eigenvalue weighted by molar-refractivity contribution is 5.82. The molecular formula is C20H31NO2. The van der Waals surface area contributed by atoms with E-state index in [1.165, 1.54) is 5.56 Å². The Morgan fingerprint density at radius 3 is 2.22 bits per heavy atom. The molecule has 1 aromatic rings. The zero-order chi connectivity index (χ0) is 17.0. The van der Waals surface area contributed by atoms with Gasteiger partial charge in [-0.3, -0.25) is 9.69 Å². The molecule has 1 aliphatic carbocycles. The van der Waals surface area contributed by atoms with Crippen molar-refractivity contribution in [2.75, 3.05) is 6.54 Å². The lowest BCUT2D eigenvalue weighted by atomic mass is 9.76. The van der Waals surface area contributed by atoms with Crippen LogP contribution in [-0.4, -0.2) is 34.6 Å². The fraction of sp³-hybridized carbons (Fsp3) is 0.650. The first kappa shape index (κ1) is 18.0. The van der Waals surface area contributed by atoms with Crippen molar-refractivity contribution in [2.24, 2.45) is 0 Å². The summed E-state index contributed by atoms with van der Waals surface area (Å²) in [4.78, 5) is 14.5. The van der Waals surface area contributed by atoms with Crippen molar-refractivity contribution >= 4 is 5.97 Å². The van der Waals surface area contributed by atoms with Gasteiger partial charge in [0.2, 0.25) is 0 Å². The number of benzene rings is 1. The van der Waals surface area contributed by atoms with Gasteiger partial charge in [0, 0.05) is 18.6 Å². The van der Waals surface area contributed by atoms with Crippen LogP contribution in [0.15, 0.2) is 24.3 Å². The van der Waals surface area contributed by atoms with Gasteiger partial charge in [-0.15, -0.1) is 0 Å². The van der Waals surface area contributed by atoms with Crippen LogP contribution >= 0.6 is 0 Å². The highest BCUT2D eigenvalue weighted by Crippen LogP contribution is 2.42. The van der Waals surface area contributed by atoms with Crippen LogP contribution in [0.4, 0.5) is 0 Å². The number of nitrogens with zero attached hydrogens (tertiary/aromatic N) is 1. The first-order chi connectivity index (χ1) is 10.9. The molecule has 23 heavy (non-hydrogen) atoms. The number of carbonyl (C=O) groups is 1. The number of aliphatic carboxylic acids is 1. The molecule has 1 saturated carbocycles. The monoisotopic (exact) mass is 317 g/mol. The van der Waals surface area contributed by atoms with Crippen LogP contribution in [0.1, 0.15) is 64.5 Å². The van der Waals surface area contributed by atoms with Crippen molar-refractivity contribution in [2.45, 2.75) is 77.3 Å². The molecule has 0 bridgehead atoms. The number of carboxylic acids is 1. The fourth-order valence-corrected chi connectivity index (χ4v) is 4.14. The minimum Gasteiger partial charge on any atom is -0.481 e. The van der Waals surface area contributed by atoms with Gasteiger partial charge in [0.25, 0.3) is 0 Å². The third-order valence-corrected chi connectivity index (χ3v) is 5.37. The Kier molecular flexibility index (Phi) is 5.85. The third kappa shape index (κ3) is 3.77. The van der Waals surface area contributed by atoms with Crippen LogP contribution in [0.25, 0.3) is 0 Å². The fourth-order valence-electron chi connectivity index (χ4n) is 4.14. The van der Waals surface area contributed by atoms with Crippen molar-refractivity contribution in [3.8, 4) is 0 Å². The third-order valence-electron chi connectivity index (χ3n) is 5.37. The van der Waals surface area contributed by atoms with E-state index in [1.807, 2.05) is 18.2 Å². The molecule has 0 aromatic heterocycles. The Morgan fingerprint density at radius 2 is 1.70 bits per heavy atom. The van der Waals surface area contributed by atoms with Crippen LogP contribution in [0.5, 0.6) is 0 Å². The zero-order valence-corrected chi connectivity index (χ0v) is 15.0. The first-order valence-corrected chi connectivity index (χ1v) is 8.96. The zero-order valence-electron chi connectivity index (χ0n) is 15.0. The van der Waals surface area contributed by atoms with E-state index in [0.29, 0.717) is 12.1 Å². The highest BCUT2D eigenvalue weighted by Gasteiger charge is 2.43. The predicted molar refractivity (Wildman–Crippen MR) is 94.9 cm³/mol. The molecule has 0 heterocycles. The molecule has 1 aromatic carbocycles. The largest absolute Gasteiger partial charge is 0.481 e. The minimum atomic E-state index is -0.656. The predicted octanol–water partition coefficient (Wildman–Crippen LogP) is 4.24. The molecule has 0 radical (unpaired) electrons. The van der Waals surface area contributed by atoms with Crippen molar-refractivity contribution in [1.82, 2.24) is 4.90 Å². The molecule has 0 atom stereocenters. The van der Waals surface area contributed by atoms with E-state index in [-0.39, 0.29) is 0 Å². The van der Waals surface area contributed by atoms with Crippen LogP contribution in [0, 0.1) is 0 Å². The maximum absolute atomic E-state index is 12.0. The lowest BCUT2D eigenvalue weighted by Gasteiger charge is -2.32. The first-order valence-electron chi connectivity index (χ1n) is 8.96. The summed E-state index contributed by atoms with van der Waals surface area (Å²) in [5.41, 5.74) is 1.61. The molecule has 1 aliphatic rings. The normalized spacial score (nSPS) is 17.3. The van der Waals surface area contributed by atoms with Crippen LogP contribution in [0.2, 0.25) is 0 Å². The summed E-state index contributed by atoms with van der Waals surface area (Å²) >= 11 is 0. The van der Waals surface area contributed by atoms with Crippen LogP contribution < -0.4 is 0 Å². The van der Waals surface area contributed by atoms with Gasteiger partial charge in [-0.1, -0.05) is 37.1 Å². The quantitative estimate of drug-likeness (QED) is 0.817. The maximum atomic E-state index is 12.0. The van der Waals surface area contributed by atoms with Crippen molar-refractivity contribution in [1.29, 1.82) is 0 Å². The van der Waals surface area contributed by atoms with Crippen molar-refractivity contribution in [3.05, 3.63) is 35.4 Å². The van der Waals surface area contributed by atoms with E-state index in [4.69, 9.17) is 0 Å². The van der Waals surface area contributed by atoms with E-state index in [9.17, 15) is 9.90 Å². The van der Waals surface area contributed by atoms with Crippen LogP contribution in [-0.2, 0) is 16.6 Å². The van der Waals surface area contributed by atoms with Crippen molar-refractivity contribution < 1.29 is 9.90 Å². The molecule has 3 nitrogen and oxygen atoms in total. The topological polar surface area (TPSA) is 40.5 Å². The van der Waals surface area contributed by atoms with Gasteiger partial charge in [0.1, 0.15) is 0 Å². The molecule has 0 saturated heterocycles. The summed E-state index contributed by atoms with van der Waals surface area (Å²) in [6, 6.07) is 9.20. The van der Waals surface area contributed by atoms with E-state index in [2.05, 4.69) is 38.7 Å². The molecule has 0 amide bonds. The lowest BCUT2D eigenvalue weighted by molar-refractivity contribution is -0.143. The Balaban J connectivity index is 2.26. The van der Waals surface area contributed by atoms with Gasteiger partial charge in [0.05, 0.1) is 5.41 Å². The average molecular weight is 317 g/mol. The second-order valence-corrected chi connectivity index (χ2v) is 7.43. The van der Waals surface area contributed by atoms with Gasteiger partial charge in [0.15, 0.2) is 0 Å². The molecular weight excluding hydrogens is 286 g/mol. The Labute approximate surface area is 140 Å². The number of hydrogen-bond donors (Lipinski definition) is 1. The standard InChI is InChI=1S/C20H31NO2/c1-15(2)21(16(3)4)14-11-17-9-5-6-10-18(17)20(19(22)23)12-7-8-13-20/h5-6,9-10,15-16H,7-8,11-14H2,1-4H3,(H,22,23). The molecule has 3 heteroatoms. The van der Waals surface area contributed by atoms with Crippen molar-refractivity contribution in [3.63, 3.8) is 0 Å². The minimum absolute atomic E-state index is 0.502. The Hall–Kier alpha value is -1.35. The second-order valence-electron chi connectivity index (χ2n) is 7.43. The van der Waals surface area contributed by atoms with Crippen LogP contribution in [0.3, 0.4) is 0 Å². The van der Waals surface area contributed by atoms with E-state index in [0.717, 1.165) is 44.2 Å². The Morgan fingerprint density at radius 1 is 1.13 bits per heavy atom. The number of carboxylic acid groups (broad SMARTS) is 1. The summed E-state index contributed by atoms with van der Waals surface area (Å²) in [5.74, 6) is -0.646. The molecule has 2 rings (SSSR count). The summed E-state index contributed by atoms with van der Waals surface area (Å²) in [5, 5.41) is 9.89. The van der Waals surface area contributed by atoms with Gasteiger partial charge in [-0.2, -0.15) is 0 Å². The molecule has 1 fully saturated rings. The molecule has 0 aliphatic heterocycles. The lowest BCUT2D eigenvalue weighted by Crippen LogP contribution is -2.39. The summed E-state index contributed by atoms with van der Waals surface area (Å²) in [7, 11) is 0. The smallest absolute Gasteiger partial charge is 0.314 e.